The smallest absolute Gasteiger partial charge is 0.195 e. The van der Waals surface area contributed by atoms with Crippen LogP contribution in [0.2, 0.25) is 0 Å². The van der Waals surface area contributed by atoms with Crippen LogP contribution in [0, 0.1) is 16.1 Å². The van der Waals surface area contributed by atoms with Crippen molar-refractivity contribution in [3.05, 3.63) is 10.6 Å². The molecule has 1 saturated carbocycles. The van der Waals surface area contributed by atoms with Gasteiger partial charge in [0.15, 0.2) is 4.77 Å². The first-order chi connectivity index (χ1) is 9.06. The van der Waals surface area contributed by atoms with Crippen LogP contribution in [-0.2, 0) is 13.0 Å². The summed E-state index contributed by atoms with van der Waals surface area (Å²) in [6, 6.07) is 0. The first-order valence-electron chi connectivity index (χ1n) is 7.70. The minimum Gasteiger partial charge on any atom is -0.304 e. The zero-order chi connectivity index (χ0) is 13.9. The van der Waals surface area contributed by atoms with Crippen LogP contribution < -0.4 is 0 Å². The van der Waals surface area contributed by atoms with Crippen LogP contribution in [0.15, 0.2) is 0 Å². The van der Waals surface area contributed by atoms with Gasteiger partial charge in [0, 0.05) is 13.0 Å². The van der Waals surface area contributed by atoms with Crippen molar-refractivity contribution in [3.63, 3.8) is 0 Å². The maximum Gasteiger partial charge on any atom is 0.195 e. The highest BCUT2D eigenvalue weighted by molar-refractivity contribution is 7.71. The van der Waals surface area contributed by atoms with E-state index in [-0.39, 0.29) is 0 Å². The quantitative estimate of drug-likeness (QED) is 0.779. The molecule has 1 aromatic rings. The number of nitrogens with one attached hydrogen (secondary N) is 1. The molecule has 0 saturated heterocycles. The fourth-order valence-corrected chi connectivity index (χ4v) is 3.90. The Kier molecular flexibility index (Phi) is 4.82. The molecule has 0 amide bonds. The molecule has 1 aliphatic carbocycles. The van der Waals surface area contributed by atoms with E-state index in [0.29, 0.717) is 5.41 Å². The molecule has 0 aliphatic heterocycles. The SMILES string of the molecule is CCCc1n[nH]c(=S)n1CC1(CC(C)C)CCCC1. The molecule has 4 heteroatoms. The minimum atomic E-state index is 0.457. The number of aromatic amines is 1. The summed E-state index contributed by atoms with van der Waals surface area (Å²) >= 11 is 5.43. The molecule has 0 bridgehead atoms. The highest BCUT2D eigenvalue weighted by Gasteiger charge is 2.35. The summed E-state index contributed by atoms with van der Waals surface area (Å²) in [5, 5.41) is 7.39. The summed E-state index contributed by atoms with van der Waals surface area (Å²) in [7, 11) is 0. The molecule has 108 valence electrons. The van der Waals surface area contributed by atoms with Gasteiger partial charge in [0.05, 0.1) is 0 Å². The van der Waals surface area contributed by atoms with Gasteiger partial charge in [0.1, 0.15) is 5.82 Å². The molecular formula is C15H27N3S. The van der Waals surface area contributed by atoms with E-state index >= 15 is 0 Å². The van der Waals surface area contributed by atoms with Crippen molar-refractivity contribution in [1.29, 1.82) is 0 Å². The monoisotopic (exact) mass is 281 g/mol. The number of H-pyrrole nitrogens is 1. The van der Waals surface area contributed by atoms with Gasteiger partial charge in [0.2, 0.25) is 0 Å². The Morgan fingerprint density at radius 1 is 1.37 bits per heavy atom. The Balaban J connectivity index is 2.22. The fourth-order valence-electron chi connectivity index (χ4n) is 3.68. The number of aryl methyl sites for hydroxylation is 1. The molecule has 3 nitrogen and oxygen atoms in total. The first-order valence-corrected chi connectivity index (χ1v) is 8.11. The molecule has 0 atom stereocenters. The van der Waals surface area contributed by atoms with Crippen molar-refractivity contribution >= 4 is 12.2 Å². The summed E-state index contributed by atoms with van der Waals surface area (Å²) < 4.78 is 3.07. The number of aromatic nitrogens is 3. The summed E-state index contributed by atoms with van der Waals surface area (Å²) in [5.74, 6) is 1.90. The molecule has 0 spiro atoms. The molecule has 0 aromatic carbocycles. The lowest BCUT2D eigenvalue weighted by molar-refractivity contribution is 0.194. The van der Waals surface area contributed by atoms with E-state index in [0.717, 1.165) is 35.9 Å². The molecule has 1 aromatic heterocycles. The van der Waals surface area contributed by atoms with Crippen LogP contribution >= 0.6 is 12.2 Å². The second-order valence-corrected chi connectivity index (χ2v) is 6.97. The van der Waals surface area contributed by atoms with E-state index in [1.807, 2.05) is 0 Å². The average molecular weight is 281 g/mol. The van der Waals surface area contributed by atoms with E-state index in [1.165, 1.54) is 32.1 Å². The lowest BCUT2D eigenvalue weighted by Crippen LogP contribution is -2.26. The summed E-state index contributed by atoms with van der Waals surface area (Å²) in [6.07, 6.45) is 8.91. The molecule has 1 fully saturated rings. The van der Waals surface area contributed by atoms with Gasteiger partial charge in [-0.15, -0.1) is 0 Å². The Bertz CT molecular complexity index is 452. The van der Waals surface area contributed by atoms with Crippen molar-refractivity contribution < 1.29 is 0 Å². The van der Waals surface area contributed by atoms with E-state index in [4.69, 9.17) is 12.2 Å². The molecule has 0 radical (unpaired) electrons. The van der Waals surface area contributed by atoms with Crippen molar-refractivity contribution in [2.45, 2.75) is 72.3 Å². The van der Waals surface area contributed by atoms with Crippen LogP contribution in [-0.4, -0.2) is 14.8 Å². The van der Waals surface area contributed by atoms with Gasteiger partial charge in [-0.2, -0.15) is 5.10 Å². The van der Waals surface area contributed by atoms with Gasteiger partial charge >= 0.3 is 0 Å². The van der Waals surface area contributed by atoms with Gasteiger partial charge in [-0.3, -0.25) is 5.10 Å². The van der Waals surface area contributed by atoms with Gasteiger partial charge in [-0.25, -0.2) is 0 Å². The summed E-state index contributed by atoms with van der Waals surface area (Å²) in [5.41, 5.74) is 0.457. The van der Waals surface area contributed by atoms with Crippen molar-refractivity contribution in [2.75, 3.05) is 0 Å². The topological polar surface area (TPSA) is 33.6 Å². The highest BCUT2D eigenvalue weighted by Crippen LogP contribution is 2.44. The lowest BCUT2D eigenvalue weighted by atomic mass is 9.78. The molecule has 0 unspecified atom stereocenters. The van der Waals surface area contributed by atoms with Crippen LogP contribution in [0.25, 0.3) is 0 Å². The van der Waals surface area contributed by atoms with Crippen molar-refractivity contribution in [3.8, 4) is 0 Å². The Morgan fingerprint density at radius 3 is 2.63 bits per heavy atom. The molecule has 19 heavy (non-hydrogen) atoms. The number of hydrogen-bond acceptors (Lipinski definition) is 2. The number of hydrogen-bond donors (Lipinski definition) is 1. The van der Waals surface area contributed by atoms with Crippen LogP contribution in [0.1, 0.15) is 65.1 Å². The third kappa shape index (κ3) is 3.47. The maximum absolute atomic E-state index is 5.43. The van der Waals surface area contributed by atoms with Crippen molar-refractivity contribution in [2.24, 2.45) is 11.3 Å². The fraction of sp³-hybridized carbons (Fsp3) is 0.867. The van der Waals surface area contributed by atoms with Gasteiger partial charge in [0.25, 0.3) is 0 Å². The standard InChI is InChI=1S/C15H27N3S/c1-4-7-13-16-17-14(19)18(13)11-15(10-12(2)3)8-5-6-9-15/h12H,4-11H2,1-3H3,(H,17,19). The zero-order valence-electron chi connectivity index (χ0n) is 12.5. The Labute approximate surface area is 121 Å². The van der Waals surface area contributed by atoms with E-state index in [9.17, 15) is 0 Å². The molecular weight excluding hydrogens is 254 g/mol. The second kappa shape index (κ2) is 6.21. The second-order valence-electron chi connectivity index (χ2n) is 6.59. The predicted octanol–water partition coefficient (Wildman–Crippen LogP) is 4.50. The van der Waals surface area contributed by atoms with Gasteiger partial charge in [-0.05, 0) is 49.2 Å². The molecule has 1 aliphatic rings. The van der Waals surface area contributed by atoms with E-state index in [2.05, 4.69) is 35.5 Å². The first kappa shape index (κ1) is 14.8. The Morgan fingerprint density at radius 2 is 2.05 bits per heavy atom. The highest BCUT2D eigenvalue weighted by atomic mass is 32.1. The molecule has 2 rings (SSSR count). The third-order valence-corrected chi connectivity index (χ3v) is 4.62. The predicted molar refractivity (Wildman–Crippen MR) is 81.8 cm³/mol. The van der Waals surface area contributed by atoms with Gasteiger partial charge in [-0.1, -0.05) is 33.6 Å². The lowest BCUT2D eigenvalue weighted by Gasteiger charge is -2.31. The Hall–Kier alpha value is -0.640. The van der Waals surface area contributed by atoms with Crippen LogP contribution in [0.5, 0.6) is 0 Å². The van der Waals surface area contributed by atoms with Gasteiger partial charge < -0.3 is 4.57 Å². The zero-order valence-corrected chi connectivity index (χ0v) is 13.4. The van der Waals surface area contributed by atoms with E-state index in [1.54, 1.807) is 0 Å². The average Bonchev–Trinajstić information content (AvgIpc) is 2.91. The largest absolute Gasteiger partial charge is 0.304 e. The maximum atomic E-state index is 5.43. The van der Waals surface area contributed by atoms with E-state index < -0.39 is 0 Å². The molecule has 1 heterocycles. The minimum absolute atomic E-state index is 0.457. The molecule has 1 N–H and O–H groups in total. The van der Waals surface area contributed by atoms with Crippen molar-refractivity contribution in [1.82, 2.24) is 14.8 Å². The van der Waals surface area contributed by atoms with Crippen LogP contribution in [0.4, 0.5) is 0 Å². The number of rotatable bonds is 6. The summed E-state index contributed by atoms with van der Waals surface area (Å²) in [6.45, 7) is 7.93. The number of nitrogens with zero attached hydrogens (tertiary/aromatic N) is 2. The third-order valence-electron chi connectivity index (χ3n) is 4.31. The normalized spacial score (nSPS) is 18.3. The summed E-state index contributed by atoms with van der Waals surface area (Å²) in [4.78, 5) is 0. The van der Waals surface area contributed by atoms with Crippen LogP contribution in [0.3, 0.4) is 0 Å².